The summed E-state index contributed by atoms with van der Waals surface area (Å²) >= 11 is 0. The second-order valence-corrected chi connectivity index (χ2v) is 4.39. The van der Waals surface area contributed by atoms with Crippen LogP contribution in [0.3, 0.4) is 0 Å². The van der Waals surface area contributed by atoms with Crippen molar-refractivity contribution in [3.63, 3.8) is 0 Å². The van der Waals surface area contributed by atoms with Gasteiger partial charge in [-0.25, -0.2) is 4.39 Å². The highest BCUT2D eigenvalue weighted by molar-refractivity contribution is 5.81. The molecule has 0 fully saturated rings. The minimum Gasteiger partial charge on any atom is -0.347 e. The number of ketones is 1. The van der Waals surface area contributed by atoms with Crippen molar-refractivity contribution >= 4 is 16.7 Å². The summed E-state index contributed by atoms with van der Waals surface area (Å²) < 4.78 is 15.1. The molecule has 2 rings (SSSR count). The van der Waals surface area contributed by atoms with Crippen molar-refractivity contribution in [3.05, 3.63) is 36.3 Å². The molecule has 2 nitrogen and oxygen atoms in total. The summed E-state index contributed by atoms with van der Waals surface area (Å²) in [5.74, 6) is 0.0148. The smallest absolute Gasteiger partial charge is 0.134 e. The summed E-state index contributed by atoms with van der Waals surface area (Å²) in [5.41, 5.74) is 0.978. The molecular weight excluding hydrogens is 217 g/mol. The number of nitrogens with zero attached hydrogens (tertiary/aromatic N) is 1. The maximum atomic E-state index is 13.0. The van der Waals surface area contributed by atoms with Crippen molar-refractivity contribution in [1.29, 1.82) is 0 Å². The Morgan fingerprint density at radius 3 is 2.82 bits per heavy atom. The number of carbonyl (C=O) groups is 1. The van der Waals surface area contributed by atoms with E-state index in [2.05, 4.69) is 0 Å². The Kier molecular flexibility index (Phi) is 3.27. The third kappa shape index (κ3) is 2.38. The lowest BCUT2D eigenvalue weighted by atomic mass is 10.0. The topological polar surface area (TPSA) is 22.0 Å². The van der Waals surface area contributed by atoms with Gasteiger partial charge in [0.1, 0.15) is 11.6 Å². The molecule has 0 N–H and O–H groups in total. The first kappa shape index (κ1) is 11.8. The fourth-order valence-electron chi connectivity index (χ4n) is 2.11. The van der Waals surface area contributed by atoms with E-state index in [0.29, 0.717) is 6.54 Å². The lowest BCUT2D eigenvalue weighted by Gasteiger charge is -2.13. The van der Waals surface area contributed by atoms with E-state index in [0.717, 1.165) is 17.3 Å². The van der Waals surface area contributed by atoms with Crippen LogP contribution in [0.15, 0.2) is 30.5 Å². The SMILES string of the molecule is CCC(Cn1ccc2cc(F)ccc21)C(C)=O. The predicted octanol–water partition coefficient (Wildman–Crippen LogP) is 3.40. The monoisotopic (exact) mass is 233 g/mol. The number of hydrogen-bond donors (Lipinski definition) is 0. The summed E-state index contributed by atoms with van der Waals surface area (Å²) in [7, 11) is 0. The molecule has 0 bridgehead atoms. The molecule has 1 aromatic carbocycles. The van der Waals surface area contributed by atoms with Crippen LogP contribution in [0.25, 0.3) is 10.9 Å². The molecule has 1 atom stereocenters. The maximum absolute atomic E-state index is 13.0. The Labute approximate surface area is 100 Å². The van der Waals surface area contributed by atoms with Gasteiger partial charge in [-0.3, -0.25) is 4.79 Å². The number of rotatable bonds is 4. The van der Waals surface area contributed by atoms with Crippen molar-refractivity contribution in [2.75, 3.05) is 0 Å². The van der Waals surface area contributed by atoms with Crippen LogP contribution in [-0.4, -0.2) is 10.4 Å². The fourth-order valence-corrected chi connectivity index (χ4v) is 2.11. The number of hydrogen-bond acceptors (Lipinski definition) is 1. The van der Waals surface area contributed by atoms with Gasteiger partial charge >= 0.3 is 0 Å². The van der Waals surface area contributed by atoms with Crippen molar-refractivity contribution in [3.8, 4) is 0 Å². The van der Waals surface area contributed by atoms with Crippen LogP contribution in [0, 0.1) is 11.7 Å². The number of Topliss-reactive ketones (excluding diaryl/α,β-unsaturated/α-hetero) is 1. The minimum atomic E-state index is -0.228. The van der Waals surface area contributed by atoms with Crippen LogP contribution >= 0.6 is 0 Å². The van der Waals surface area contributed by atoms with Crippen LogP contribution in [0.2, 0.25) is 0 Å². The van der Waals surface area contributed by atoms with Crippen molar-refractivity contribution in [2.45, 2.75) is 26.8 Å². The number of fused-ring (bicyclic) bond motifs is 1. The largest absolute Gasteiger partial charge is 0.347 e. The van der Waals surface area contributed by atoms with E-state index in [9.17, 15) is 9.18 Å². The quantitative estimate of drug-likeness (QED) is 0.793. The predicted molar refractivity (Wildman–Crippen MR) is 66.4 cm³/mol. The molecule has 0 amide bonds. The summed E-state index contributed by atoms with van der Waals surface area (Å²) in [6, 6.07) is 6.61. The molecule has 1 heterocycles. The number of halogens is 1. The average Bonchev–Trinajstić information content (AvgIpc) is 2.67. The highest BCUT2D eigenvalue weighted by atomic mass is 19.1. The highest BCUT2D eigenvalue weighted by Gasteiger charge is 2.13. The standard InChI is InChI=1S/C14H16FNO/c1-3-11(10(2)17)9-16-7-6-12-8-13(15)4-5-14(12)16/h4-8,11H,3,9H2,1-2H3. The van der Waals surface area contributed by atoms with Gasteiger partial charge in [0.2, 0.25) is 0 Å². The molecule has 2 aromatic rings. The second kappa shape index (κ2) is 4.70. The first-order valence-electron chi connectivity index (χ1n) is 5.86. The highest BCUT2D eigenvalue weighted by Crippen LogP contribution is 2.19. The summed E-state index contributed by atoms with van der Waals surface area (Å²) in [6.45, 7) is 4.30. The molecule has 1 aromatic heterocycles. The first-order chi connectivity index (χ1) is 8.11. The molecule has 0 saturated carbocycles. The first-order valence-corrected chi connectivity index (χ1v) is 5.86. The molecule has 0 spiro atoms. The van der Waals surface area contributed by atoms with Crippen LogP contribution in [-0.2, 0) is 11.3 Å². The number of benzene rings is 1. The molecule has 0 aliphatic carbocycles. The normalized spacial score (nSPS) is 12.9. The lowest BCUT2D eigenvalue weighted by molar-refractivity contribution is -0.121. The fraction of sp³-hybridized carbons (Fsp3) is 0.357. The molecule has 1 unspecified atom stereocenters. The van der Waals surface area contributed by atoms with E-state index in [1.165, 1.54) is 12.1 Å². The summed E-state index contributed by atoms with van der Waals surface area (Å²) in [6.07, 6.45) is 2.74. The Bertz CT molecular complexity index is 544. The molecule has 3 heteroatoms. The van der Waals surface area contributed by atoms with E-state index >= 15 is 0 Å². The van der Waals surface area contributed by atoms with Gasteiger partial charge in [-0.2, -0.15) is 0 Å². The Morgan fingerprint density at radius 1 is 1.41 bits per heavy atom. The van der Waals surface area contributed by atoms with E-state index < -0.39 is 0 Å². The van der Waals surface area contributed by atoms with Gasteiger partial charge in [-0.15, -0.1) is 0 Å². The number of carbonyl (C=O) groups excluding carboxylic acids is 1. The van der Waals surface area contributed by atoms with Crippen LogP contribution < -0.4 is 0 Å². The van der Waals surface area contributed by atoms with Gasteiger partial charge in [-0.1, -0.05) is 6.92 Å². The molecule has 90 valence electrons. The van der Waals surface area contributed by atoms with Crippen molar-refractivity contribution in [2.24, 2.45) is 5.92 Å². The average molecular weight is 233 g/mol. The molecule has 0 aliphatic rings. The van der Waals surface area contributed by atoms with Crippen LogP contribution in [0.1, 0.15) is 20.3 Å². The third-order valence-electron chi connectivity index (χ3n) is 3.22. The molecular formula is C14H16FNO. The van der Waals surface area contributed by atoms with Crippen molar-refractivity contribution in [1.82, 2.24) is 4.57 Å². The number of aromatic nitrogens is 1. The van der Waals surface area contributed by atoms with Gasteiger partial charge in [0.15, 0.2) is 0 Å². The third-order valence-corrected chi connectivity index (χ3v) is 3.22. The van der Waals surface area contributed by atoms with Gasteiger partial charge < -0.3 is 4.57 Å². The van der Waals surface area contributed by atoms with Gasteiger partial charge in [-0.05, 0) is 37.6 Å². The molecule has 0 radical (unpaired) electrons. The van der Waals surface area contributed by atoms with Crippen molar-refractivity contribution < 1.29 is 9.18 Å². The minimum absolute atomic E-state index is 0.0376. The summed E-state index contributed by atoms with van der Waals surface area (Å²) in [4.78, 5) is 11.4. The molecule has 0 saturated heterocycles. The van der Waals surface area contributed by atoms with Crippen LogP contribution in [0.4, 0.5) is 4.39 Å². The van der Waals surface area contributed by atoms with E-state index in [-0.39, 0.29) is 17.5 Å². The van der Waals surface area contributed by atoms with Crippen LogP contribution in [0.5, 0.6) is 0 Å². The Morgan fingerprint density at radius 2 is 2.18 bits per heavy atom. The Balaban J connectivity index is 2.33. The molecule has 0 aliphatic heterocycles. The van der Waals surface area contributed by atoms with E-state index in [4.69, 9.17) is 0 Å². The second-order valence-electron chi connectivity index (χ2n) is 4.39. The van der Waals surface area contributed by atoms with Gasteiger partial charge in [0.05, 0.1) is 0 Å². The maximum Gasteiger partial charge on any atom is 0.134 e. The van der Waals surface area contributed by atoms with Gasteiger partial charge in [0, 0.05) is 29.6 Å². The van der Waals surface area contributed by atoms with E-state index in [1.807, 2.05) is 23.8 Å². The van der Waals surface area contributed by atoms with E-state index in [1.54, 1.807) is 13.0 Å². The zero-order valence-corrected chi connectivity index (χ0v) is 10.1. The van der Waals surface area contributed by atoms with Gasteiger partial charge in [0.25, 0.3) is 0 Å². The molecule has 17 heavy (non-hydrogen) atoms. The zero-order chi connectivity index (χ0) is 12.4. The Hall–Kier alpha value is -1.64. The lowest BCUT2D eigenvalue weighted by Crippen LogP contribution is -2.16. The summed E-state index contributed by atoms with van der Waals surface area (Å²) in [5, 5.41) is 0.878. The zero-order valence-electron chi connectivity index (χ0n) is 10.1.